The first-order valence-electron chi connectivity index (χ1n) is 4.40. The molecule has 0 aliphatic carbocycles. The molecule has 0 aliphatic heterocycles. The minimum absolute atomic E-state index is 0.294. The Morgan fingerprint density at radius 2 is 1.61 bits per heavy atom. The van der Waals surface area contributed by atoms with Crippen LogP contribution < -0.4 is 4.72 Å². The van der Waals surface area contributed by atoms with Gasteiger partial charge >= 0.3 is 12.1 Å². The fourth-order valence-electron chi connectivity index (χ4n) is 0.717. The number of carboxylic acids is 1. The topological polar surface area (TPSA) is 83.5 Å². The van der Waals surface area contributed by atoms with Gasteiger partial charge in [0.2, 0.25) is 10.0 Å². The molecule has 0 saturated heterocycles. The van der Waals surface area contributed by atoms with Crippen LogP contribution in [-0.4, -0.2) is 32.7 Å². The summed E-state index contributed by atoms with van der Waals surface area (Å²) in [6, 6.07) is 8.24. The third-order valence-electron chi connectivity index (χ3n) is 1.56. The van der Waals surface area contributed by atoms with Crippen molar-refractivity contribution < 1.29 is 31.5 Å². The van der Waals surface area contributed by atoms with Crippen LogP contribution in [0.5, 0.6) is 0 Å². The SMILES string of the molecule is CNS(=O)(=O)c1ccccc1.O=C(O)C(F)(F)F. The predicted molar refractivity (Wildman–Crippen MR) is 56.4 cm³/mol. The number of benzene rings is 1. The Morgan fingerprint density at radius 3 is 1.89 bits per heavy atom. The Bertz CT molecular complexity index is 484. The second kappa shape index (κ2) is 6.36. The van der Waals surface area contributed by atoms with Crippen LogP contribution in [0.4, 0.5) is 13.2 Å². The highest BCUT2D eigenvalue weighted by Crippen LogP contribution is 2.13. The standard InChI is InChI=1S/C7H9NO2S.C2HF3O2/c1-8-11(9,10)7-5-3-2-4-6-7;3-2(4,5)1(6)7/h2-6,8H,1H3;(H,6,7). The van der Waals surface area contributed by atoms with E-state index in [4.69, 9.17) is 9.90 Å². The Balaban J connectivity index is 0.000000360. The summed E-state index contributed by atoms with van der Waals surface area (Å²) in [6.45, 7) is 0. The Morgan fingerprint density at radius 1 is 1.22 bits per heavy atom. The molecule has 0 fully saturated rings. The molecule has 9 heteroatoms. The minimum atomic E-state index is -5.08. The maximum absolute atomic E-state index is 11.1. The van der Waals surface area contributed by atoms with Crippen LogP contribution in [0.15, 0.2) is 35.2 Å². The average molecular weight is 285 g/mol. The molecule has 0 radical (unpaired) electrons. The molecule has 0 heterocycles. The van der Waals surface area contributed by atoms with Gasteiger partial charge in [-0.15, -0.1) is 0 Å². The van der Waals surface area contributed by atoms with E-state index in [9.17, 15) is 21.6 Å². The van der Waals surface area contributed by atoms with Crippen LogP contribution >= 0.6 is 0 Å². The van der Waals surface area contributed by atoms with Crippen molar-refractivity contribution in [2.45, 2.75) is 11.1 Å². The van der Waals surface area contributed by atoms with Gasteiger partial charge in [-0.05, 0) is 19.2 Å². The molecule has 18 heavy (non-hydrogen) atoms. The molecule has 2 N–H and O–H groups in total. The van der Waals surface area contributed by atoms with Crippen molar-refractivity contribution in [1.29, 1.82) is 0 Å². The summed E-state index contributed by atoms with van der Waals surface area (Å²) in [6.07, 6.45) is -5.08. The Hall–Kier alpha value is -1.61. The van der Waals surface area contributed by atoms with Crippen LogP contribution in [0.25, 0.3) is 0 Å². The number of rotatable bonds is 2. The number of hydrogen-bond donors (Lipinski definition) is 2. The number of alkyl halides is 3. The van der Waals surface area contributed by atoms with Crippen molar-refractivity contribution in [1.82, 2.24) is 4.72 Å². The van der Waals surface area contributed by atoms with Crippen LogP contribution in [0.3, 0.4) is 0 Å². The zero-order valence-corrected chi connectivity index (χ0v) is 9.92. The van der Waals surface area contributed by atoms with E-state index in [0.717, 1.165) is 0 Å². The average Bonchev–Trinajstić information content (AvgIpc) is 2.30. The van der Waals surface area contributed by atoms with Gasteiger partial charge in [-0.25, -0.2) is 17.9 Å². The number of halogens is 3. The number of carboxylic acid groups (broad SMARTS) is 1. The van der Waals surface area contributed by atoms with E-state index in [1.54, 1.807) is 30.3 Å². The normalized spacial score (nSPS) is 11.3. The molecule has 102 valence electrons. The number of aliphatic carboxylic acids is 1. The molecular formula is C9H10F3NO4S. The van der Waals surface area contributed by atoms with Crippen molar-refractivity contribution in [2.24, 2.45) is 0 Å². The Labute approximate surface area is 101 Å². The molecule has 1 rings (SSSR count). The highest BCUT2D eigenvalue weighted by molar-refractivity contribution is 7.89. The van der Waals surface area contributed by atoms with Gasteiger partial charge in [0, 0.05) is 0 Å². The number of nitrogens with one attached hydrogen (secondary N) is 1. The fourth-order valence-corrected chi connectivity index (χ4v) is 1.47. The first-order chi connectivity index (χ1) is 8.11. The molecule has 0 amide bonds. The lowest BCUT2D eigenvalue weighted by Gasteiger charge is -1.99. The van der Waals surface area contributed by atoms with Crippen molar-refractivity contribution in [3.63, 3.8) is 0 Å². The van der Waals surface area contributed by atoms with Crippen molar-refractivity contribution in [2.75, 3.05) is 7.05 Å². The highest BCUT2D eigenvalue weighted by Gasteiger charge is 2.38. The summed E-state index contributed by atoms with van der Waals surface area (Å²) in [4.78, 5) is 9.19. The molecule has 0 aromatic heterocycles. The van der Waals surface area contributed by atoms with Gasteiger partial charge in [-0.1, -0.05) is 18.2 Å². The van der Waals surface area contributed by atoms with Crippen molar-refractivity contribution >= 4 is 16.0 Å². The minimum Gasteiger partial charge on any atom is -0.475 e. The van der Waals surface area contributed by atoms with Gasteiger partial charge in [-0.2, -0.15) is 13.2 Å². The number of sulfonamides is 1. The van der Waals surface area contributed by atoms with Crippen LogP contribution in [0.1, 0.15) is 0 Å². The quantitative estimate of drug-likeness (QED) is 0.856. The molecule has 0 atom stereocenters. The van der Waals surface area contributed by atoms with Gasteiger partial charge < -0.3 is 5.11 Å². The number of hydrogen-bond acceptors (Lipinski definition) is 3. The zero-order valence-electron chi connectivity index (χ0n) is 9.10. The highest BCUT2D eigenvalue weighted by atomic mass is 32.2. The maximum Gasteiger partial charge on any atom is 0.490 e. The molecule has 0 saturated carbocycles. The third kappa shape index (κ3) is 5.64. The molecular weight excluding hydrogens is 275 g/mol. The lowest BCUT2D eigenvalue weighted by atomic mass is 10.4. The van der Waals surface area contributed by atoms with Crippen LogP contribution in [0.2, 0.25) is 0 Å². The summed E-state index contributed by atoms with van der Waals surface area (Å²) in [5.74, 6) is -2.76. The Kier molecular flexibility index (Phi) is 5.79. The van der Waals surface area contributed by atoms with E-state index in [1.165, 1.54) is 7.05 Å². The number of carbonyl (C=O) groups is 1. The van der Waals surface area contributed by atoms with Crippen LogP contribution in [-0.2, 0) is 14.8 Å². The summed E-state index contributed by atoms with van der Waals surface area (Å²) in [7, 11) is -1.86. The lowest BCUT2D eigenvalue weighted by Crippen LogP contribution is -2.21. The molecule has 0 aliphatic rings. The van der Waals surface area contributed by atoms with Gasteiger partial charge in [-0.3, -0.25) is 0 Å². The molecule has 0 unspecified atom stereocenters. The zero-order chi connectivity index (χ0) is 14.4. The summed E-state index contributed by atoms with van der Waals surface area (Å²) in [5, 5.41) is 7.12. The van der Waals surface area contributed by atoms with Crippen molar-refractivity contribution in [3.05, 3.63) is 30.3 Å². The monoisotopic (exact) mass is 285 g/mol. The predicted octanol–water partition coefficient (Wildman–Crippen LogP) is 1.23. The van der Waals surface area contributed by atoms with E-state index >= 15 is 0 Å². The second-order valence-electron chi connectivity index (χ2n) is 2.82. The summed E-state index contributed by atoms with van der Waals surface area (Å²) < 4.78 is 56.1. The molecule has 1 aromatic carbocycles. The summed E-state index contributed by atoms with van der Waals surface area (Å²) in [5.41, 5.74) is 0. The van der Waals surface area contributed by atoms with Crippen molar-refractivity contribution in [3.8, 4) is 0 Å². The van der Waals surface area contributed by atoms with Gasteiger partial charge in [0.15, 0.2) is 0 Å². The lowest BCUT2D eigenvalue weighted by molar-refractivity contribution is -0.192. The molecule has 0 bridgehead atoms. The van der Waals surface area contributed by atoms with E-state index in [-0.39, 0.29) is 0 Å². The van der Waals surface area contributed by atoms with E-state index < -0.39 is 22.2 Å². The smallest absolute Gasteiger partial charge is 0.475 e. The van der Waals surface area contributed by atoms with E-state index in [0.29, 0.717) is 4.90 Å². The third-order valence-corrected chi connectivity index (χ3v) is 2.99. The largest absolute Gasteiger partial charge is 0.490 e. The first kappa shape index (κ1) is 16.4. The maximum atomic E-state index is 11.1. The van der Waals surface area contributed by atoms with Gasteiger partial charge in [0.05, 0.1) is 4.90 Å². The summed E-state index contributed by atoms with van der Waals surface area (Å²) >= 11 is 0. The van der Waals surface area contributed by atoms with Gasteiger partial charge in [0.25, 0.3) is 0 Å². The fraction of sp³-hybridized carbons (Fsp3) is 0.222. The van der Waals surface area contributed by atoms with E-state index in [2.05, 4.69) is 4.72 Å². The molecule has 5 nitrogen and oxygen atoms in total. The molecule has 1 aromatic rings. The first-order valence-corrected chi connectivity index (χ1v) is 5.88. The second-order valence-corrected chi connectivity index (χ2v) is 4.71. The van der Waals surface area contributed by atoms with E-state index in [1.807, 2.05) is 0 Å². The van der Waals surface area contributed by atoms with Crippen LogP contribution in [0, 0.1) is 0 Å². The molecule has 0 spiro atoms. The van der Waals surface area contributed by atoms with Gasteiger partial charge in [0.1, 0.15) is 0 Å².